The van der Waals surface area contributed by atoms with Crippen molar-refractivity contribution in [2.45, 2.75) is 0 Å². The van der Waals surface area contributed by atoms with Crippen molar-refractivity contribution in [1.82, 2.24) is 0 Å². The Labute approximate surface area is 358 Å². The standard InChI is InChI=1S/C58H38N2O2/c1-3-15-44(16-4-1)59(47-30-32-51-49-19-9-11-21-55(49)61-57(51)37-47)46-28-25-40(26-29-46)42-27-34-54(53(36-42)43-24-23-39-13-7-8-14-41(39)35-43)60(45-17-5-2-6-18-45)48-31-33-52-50-20-10-12-22-56(50)62-58(52)38-48/h1-38H. The molecule has 0 N–H and O–H groups in total. The van der Waals surface area contributed by atoms with E-state index in [-0.39, 0.29) is 0 Å². The Morgan fingerprint density at radius 3 is 1.37 bits per heavy atom. The summed E-state index contributed by atoms with van der Waals surface area (Å²) < 4.78 is 12.8. The first-order valence-electron chi connectivity index (χ1n) is 21.0. The molecule has 0 radical (unpaired) electrons. The van der Waals surface area contributed by atoms with Gasteiger partial charge in [0.1, 0.15) is 22.3 Å². The van der Waals surface area contributed by atoms with Crippen LogP contribution >= 0.6 is 0 Å². The van der Waals surface area contributed by atoms with Gasteiger partial charge in [0.25, 0.3) is 0 Å². The Kier molecular flexibility index (Phi) is 8.46. The van der Waals surface area contributed by atoms with Crippen molar-refractivity contribution in [1.29, 1.82) is 0 Å². The van der Waals surface area contributed by atoms with E-state index >= 15 is 0 Å². The number of benzene rings is 10. The average Bonchev–Trinajstić information content (AvgIpc) is 3.90. The molecule has 0 saturated carbocycles. The first-order chi connectivity index (χ1) is 30.7. The normalized spacial score (nSPS) is 11.5. The van der Waals surface area contributed by atoms with Gasteiger partial charge in [-0.25, -0.2) is 0 Å². The maximum absolute atomic E-state index is 6.43. The highest BCUT2D eigenvalue weighted by Gasteiger charge is 2.21. The van der Waals surface area contributed by atoms with Gasteiger partial charge in [0.05, 0.1) is 5.69 Å². The quantitative estimate of drug-likeness (QED) is 0.153. The number of anilines is 6. The Hall–Kier alpha value is -8.34. The zero-order valence-electron chi connectivity index (χ0n) is 33.7. The average molecular weight is 795 g/mol. The van der Waals surface area contributed by atoms with E-state index in [1.165, 1.54) is 10.8 Å². The second kappa shape index (κ2) is 14.7. The Balaban J connectivity index is 0.991. The molecule has 0 unspecified atom stereocenters. The van der Waals surface area contributed by atoms with Gasteiger partial charge in [-0.15, -0.1) is 0 Å². The fourth-order valence-corrected chi connectivity index (χ4v) is 9.04. The van der Waals surface area contributed by atoms with Crippen molar-refractivity contribution in [3.05, 3.63) is 231 Å². The van der Waals surface area contributed by atoms with Crippen LogP contribution in [0.5, 0.6) is 0 Å². The molecular formula is C58H38N2O2. The minimum Gasteiger partial charge on any atom is -0.456 e. The molecule has 0 fully saturated rings. The zero-order chi connectivity index (χ0) is 41.0. The van der Waals surface area contributed by atoms with Gasteiger partial charge in [-0.05, 0) is 118 Å². The van der Waals surface area contributed by atoms with Gasteiger partial charge in [0.2, 0.25) is 0 Å². The van der Waals surface area contributed by atoms with Gasteiger partial charge in [-0.1, -0.05) is 127 Å². The molecule has 0 amide bonds. The second-order valence-electron chi connectivity index (χ2n) is 15.7. The lowest BCUT2D eigenvalue weighted by molar-refractivity contribution is 0.668. The van der Waals surface area contributed by atoms with Crippen LogP contribution in [0.3, 0.4) is 0 Å². The lowest BCUT2D eigenvalue weighted by Crippen LogP contribution is -2.11. The number of rotatable bonds is 8. The molecule has 292 valence electrons. The van der Waals surface area contributed by atoms with Crippen molar-refractivity contribution in [2.75, 3.05) is 9.80 Å². The highest BCUT2D eigenvalue weighted by molar-refractivity contribution is 6.07. The van der Waals surface area contributed by atoms with E-state index in [0.717, 1.165) is 100 Å². The summed E-state index contributed by atoms with van der Waals surface area (Å²) in [5, 5.41) is 6.86. The molecule has 0 spiro atoms. The van der Waals surface area contributed by atoms with Crippen molar-refractivity contribution < 1.29 is 8.83 Å². The van der Waals surface area contributed by atoms with Gasteiger partial charge in [0.15, 0.2) is 0 Å². The lowest BCUT2D eigenvalue weighted by Gasteiger charge is -2.28. The molecule has 0 saturated heterocycles. The van der Waals surface area contributed by atoms with Crippen LogP contribution < -0.4 is 9.80 Å². The lowest BCUT2D eigenvalue weighted by atomic mass is 9.94. The number of hydrogen-bond acceptors (Lipinski definition) is 4. The van der Waals surface area contributed by atoms with Crippen LogP contribution in [-0.4, -0.2) is 0 Å². The van der Waals surface area contributed by atoms with Gasteiger partial charge < -0.3 is 18.6 Å². The summed E-state index contributed by atoms with van der Waals surface area (Å²) in [6.45, 7) is 0. The molecule has 0 bridgehead atoms. The maximum Gasteiger partial charge on any atom is 0.137 e. The smallest absolute Gasteiger partial charge is 0.137 e. The SMILES string of the molecule is c1ccc(N(c2ccc(-c3ccc(N(c4ccccc4)c4ccc5c(c4)oc4ccccc45)c(-c4ccc5ccccc5c4)c3)cc2)c2ccc3c(c2)oc2ccccc23)cc1. The zero-order valence-corrected chi connectivity index (χ0v) is 33.7. The van der Waals surface area contributed by atoms with E-state index in [9.17, 15) is 0 Å². The molecule has 0 aliphatic rings. The fraction of sp³-hybridized carbons (Fsp3) is 0. The summed E-state index contributed by atoms with van der Waals surface area (Å²) in [6, 6.07) is 81.8. The fourth-order valence-electron chi connectivity index (χ4n) is 9.04. The number of fused-ring (bicyclic) bond motifs is 7. The van der Waals surface area contributed by atoms with Crippen molar-refractivity contribution in [3.8, 4) is 22.3 Å². The van der Waals surface area contributed by atoms with Gasteiger partial charge >= 0.3 is 0 Å². The van der Waals surface area contributed by atoms with E-state index in [2.05, 4.69) is 216 Å². The molecule has 4 heteroatoms. The molecular weight excluding hydrogens is 757 g/mol. The molecule has 10 aromatic carbocycles. The molecule has 12 rings (SSSR count). The minimum atomic E-state index is 0.857. The third-order valence-electron chi connectivity index (χ3n) is 12.0. The topological polar surface area (TPSA) is 32.8 Å². The Morgan fingerprint density at radius 1 is 0.258 bits per heavy atom. The number of para-hydroxylation sites is 4. The number of furan rings is 2. The summed E-state index contributed by atoms with van der Waals surface area (Å²) in [7, 11) is 0. The Bertz CT molecular complexity index is 3590. The summed E-state index contributed by atoms with van der Waals surface area (Å²) in [6.07, 6.45) is 0. The second-order valence-corrected chi connectivity index (χ2v) is 15.7. The van der Waals surface area contributed by atoms with Crippen LogP contribution in [0.25, 0.3) is 76.9 Å². The summed E-state index contributed by atoms with van der Waals surface area (Å²) in [5.41, 5.74) is 14.3. The molecule has 2 aromatic heterocycles. The van der Waals surface area contributed by atoms with E-state index in [4.69, 9.17) is 8.83 Å². The molecule has 62 heavy (non-hydrogen) atoms. The summed E-state index contributed by atoms with van der Waals surface area (Å²) >= 11 is 0. The largest absolute Gasteiger partial charge is 0.456 e. The van der Waals surface area contributed by atoms with Crippen LogP contribution in [0.1, 0.15) is 0 Å². The van der Waals surface area contributed by atoms with E-state index in [1.54, 1.807) is 0 Å². The van der Waals surface area contributed by atoms with Crippen LogP contribution in [0.15, 0.2) is 239 Å². The molecule has 4 nitrogen and oxygen atoms in total. The summed E-state index contributed by atoms with van der Waals surface area (Å²) in [4.78, 5) is 4.64. The molecule has 12 aromatic rings. The monoisotopic (exact) mass is 794 g/mol. The predicted molar refractivity (Wildman–Crippen MR) is 259 cm³/mol. The van der Waals surface area contributed by atoms with Gasteiger partial charge in [-0.3, -0.25) is 0 Å². The number of hydrogen-bond donors (Lipinski definition) is 0. The molecule has 0 atom stereocenters. The maximum atomic E-state index is 6.43. The van der Waals surface area contributed by atoms with Crippen molar-refractivity contribution in [3.63, 3.8) is 0 Å². The molecule has 2 heterocycles. The minimum absolute atomic E-state index is 0.857. The van der Waals surface area contributed by atoms with Crippen LogP contribution in [0.4, 0.5) is 34.1 Å². The Morgan fingerprint density at radius 2 is 0.726 bits per heavy atom. The van der Waals surface area contributed by atoms with Crippen LogP contribution in [0, 0.1) is 0 Å². The molecule has 0 aliphatic carbocycles. The van der Waals surface area contributed by atoms with E-state index < -0.39 is 0 Å². The van der Waals surface area contributed by atoms with Gasteiger partial charge in [0, 0.05) is 67.7 Å². The highest BCUT2D eigenvalue weighted by Crippen LogP contribution is 2.45. The van der Waals surface area contributed by atoms with Crippen molar-refractivity contribution >= 4 is 88.8 Å². The van der Waals surface area contributed by atoms with E-state index in [0.29, 0.717) is 0 Å². The van der Waals surface area contributed by atoms with E-state index in [1.807, 2.05) is 24.3 Å². The van der Waals surface area contributed by atoms with Crippen LogP contribution in [0.2, 0.25) is 0 Å². The molecule has 0 aliphatic heterocycles. The van der Waals surface area contributed by atoms with Crippen molar-refractivity contribution in [2.24, 2.45) is 0 Å². The number of nitrogens with zero attached hydrogens (tertiary/aromatic N) is 2. The highest BCUT2D eigenvalue weighted by atomic mass is 16.3. The van der Waals surface area contributed by atoms with Crippen LogP contribution in [-0.2, 0) is 0 Å². The third kappa shape index (κ3) is 6.16. The third-order valence-corrected chi connectivity index (χ3v) is 12.0. The first kappa shape index (κ1) is 35.6. The summed E-state index contributed by atoms with van der Waals surface area (Å²) in [5.74, 6) is 0. The first-order valence-corrected chi connectivity index (χ1v) is 21.0. The predicted octanol–water partition coefficient (Wildman–Crippen LogP) is 16.9. The van der Waals surface area contributed by atoms with Gasteiger partial charge in [-0.2, -0.15) is 0 Å².